The van der Waals surface area contributed by atoms with Gasteiger partial charge >= 0.3 is 0 Å². The van der Waals surface area contributed by atoms with Gasteiger partial charge in [-0.1, -0.05) is 12.8 Å². The normalized spacial score (nSPS) is 15.3. The number of amides is 1. The van der Waals surface area contributed by atoms with E-state index in [1.54, 1.807) is 7.11 Å². The highest BCUT2D eigenvalue weighted by molar-refractivity contribution is 7.20. The third-order valence-electron chi connectivity index (χ3n) is 4.42. The average molecular weight is 326 g/mol. The number of thiophene rings is 1. The molecule has 2 heterocycles. The second-order valence-electron chi connectivity index (χ2n) is 6.01. The van der Waals surface area contributed by atoms with E-state index in [0.29, 0.717) is 6.04 Å². The summed E-state index contributed by atoms with van der Waals surface area (Å²) >= 11 is 1.45. The first-order valence-corrected chi connectivity index (χ1v) is 8.74. The predicted octanol–water partition coefficient (Wildman–Crippen LogP) is 4.13. The van der Waals surface area contributed by atoms with Crippen molar-refractivity contribution >= 4 is 38.4 Å². The van der Waals surface area contributed by atoms with Gasteiger partial charge in [-0.25, -0.2) is 4.98 Å². The van der Waals surface area contributed by atoms with Crippen molar-refractivity contribution < 1.29 is 9.53 Å². The maximum Gasteiger partial charge on any atom is 0.261 e. The molecule has 1 saturated carbocycles. The minimum atomic E-state index is 0.0292. The third-order valence-corrected chi connectivity index (χ3v) is 5.47. The number of nitrogens with zero attached hydrogens (tertiary/aromatic N) is 1. The Bertz CT molecular complexity index is 881. The number of hydrogen-bond acceptors (Lipinski definition) is 4. The van der Waals surface area contributed by atoms with Crippen LogP contribution in [0.25, 0.3) is 21.1 Å². The number of methoxy groups -OCH3 is 1. The van der Waals surface area contributed by atoms with Crippen molar-refractivity contribution in [1.29, 1.82) is 0 Å². The van der Waals surface area contributed by atoms with Crippen LogP contribution in [0, 0.1) is 0 Å². The molecule has 4 rings (SSSR count). The van der Waals surface area contributed by atoms with Crippen molar-refractivity contribution in [2.75, 3.05) is 7.11 Å². The number of rotatable bonds is 3. The zero-order chi connectivity index (χ0) is 15.8. The lowest BCUT2D eigenvalue weighted by molar-refractivity contribution is 0.0942. The number of nitrogens with one attached hydrogen (secondary N) is 1. The van der Waals surface area contributed by atoms with Gasteiger partial charge in [0.25, 0.3) is 5.91 Å². The molecule has 5 heteroatoms. The van der Waals surface area contributed by atoms with E-state index in [1.165, 1.54) is 24.2 Å². The lowest BCUT2D eigenvalue weighted by atomic mass is 10.2. The number of ether oxygens (including phenoxy) is 1. The van der Waals surface area contributed by atoms with E-state index in [1.807, 2.05) is 24.3 Å². The highest BCUT2D eigenvalue weighted by atomic mass is 32.1. The molecule has 0 aliphatic heterocycles. The maximum absolute atomic E-state index is 12.4. The minimum Gasteiger partial charge on any atom is -0.497 e. The van der Waals surface area contributed by atoms with Crippen LogP contribution in [-0.2, 0) is 0 Å². The van der Waals surface area contributed by atoms with Crippen LogP contribution in [0.2, 0.25) is 0 Å². The second-order valence-corrected chi connectivity index (χ2v) is 7.04. The average Bonchev–Trinajstić information content (AvgIpc) is 3.21. The molecule has 1 aliphatic carbocycles. The Hall–Kier alpha value is -2.14. The lowest BCUT2D eigenvalue weighted by Crippen LogP contribution is -2.31. The van der Waals surface area contributed by atoms with Gasteiger partial charge in [0.1, 0.15) is 10.6 Å². The van der Waals surface area contributed by atoms with Crippen molar-refractivity contribution in [3.8, 4) is 5.75 Å². The van der Waals surface area contributed by atoms with Gasteiger partial charge in [-0.2, -0.15) is 0 Å². The molecule has 4 nitrogen and oxygen atoms in total. The summed E-state index contributed by atoms with van der Waals surface area (Å²) in [5.41, 5.74) is 0.890. The van der Waals surface area contributed by atoms with Gasteiger partial charge in [0.05, 0.1) is 17.5 Å². The van der Waals surface area contributed by atoms with E-state index in [9.17, 15) is 4.79 Å². The summed E-state index contributed by atoms with van der Waals surface area (Å²) in [6.07, 6.45) is 4.62. The number of carbonyl (C=O) groups is 1. The minimum absolute atomic E-state index is 0.0292. The summed E-state index contributed by atoms with van der Waals surface area (Å²) in [5.74, 6) is 0.821. The van der Waals surface area contributed by atoms with Crippen LogP contribution >= 0.6 is 11.3 Å². The van der Waals surface area contributed by atoms with E-state index in [2.05, 4.69) is 16.4 Å². The summed E-state index contributed by atoms with van der Waals surface area (Å²) in [6, 6.07) is 10.2. The molecular weight excluding hydrogens is 308 g/mol. The zero-order valence-electron chi connectivity index (χ0n) is 13.0. The molecule has 1 amide bonds. The molecule has 0 radical (unpaired) electrons. The Morgan fingerprint density at radius 3 is 2.83 bits per heavy atom. The summed E-state index contributed by atoms with van der Waals surface area (Å²) < 4.78 is 5.25. The third kappa shape index (κ3) is 2.77. The fourth-order valence-corrected chi connectivity index (χ4v) is 4.10. The molecular formula is C18H18N2O2S. The van der Waals surface area contributed by atoms with Gasteiger partial charge in [0, 0.05) is 22.9 Å². The molecule has 3 aromatic rings. The fourth-order valence-electron chi connectivity index (χ4n) is 3.17. The Balaban J connectivity index is 1.68. The number of fused-ring (bicyclic) bond motifs is 2. The van der Waals surface area contributed by atoms with Gasteiger partial charge in [-0.3, -0.25) is 4.79 Å². The molecule has 0 bridgehead atoms. The fraction of sp³-hybridized carbons (Fsp3) is 0.333. The predicted molar refractivity (Wildman–Crippen MR) is 93.4 cm³/mol. The molecule has 1 fully saturated rings. The highest BCUT2D eigenvalue weighted by Crippen LogP contribution is 2.29. The zero-order valence-corrected chi connectivity index (χ0v) is 13.8. The summed E-state index contributed by atoms with van der Waals surface area (Å²) in [7, 11) is 1.65. The SMILES string of the molecule is COc1ccc2cc3cc(C(=O)NC4CCCC4)sc3nc2c1. The Morgan fingerprint density at radius 2 is 2.04 bits per heavy atom. The number of benzene rings is 1. The van der Waals surface area contributed by atoms with Crippen molar-refractivity contribution in [3.05, 3.63) is 35.2 Å². The molecule has 0 atom stereocenters. The standard InChI is InChI=1S/C18H18N2O2S/c1-22-14-7-6-11-8-12-9-16(23-18(12)20-15(11)10-14)17(21)19-13-4-2-3-5-13/h6-10,13H,2-5H2,1H3,(H,19,21). The van der Waals surface area contributed by atoms with Crippen LogP contribution in [0.15, 0.2) is 30.3 Å². The summed E-state index contributed by atoms with van der Waals surface area (Å²) in [5, 5.41) is 5.21. The number of aromatic nitrogens is 1. The Morgan fingerprint density at radius 1 is 1.22 bits per heavy atom. The Labute approximate surface area is 138 Å². The highest BCUT2D eigenvalue weighted by Gasteiger charge is 2.19. The molecule has 0 saturated heterocycles. The quantitative estimate of drug-likeness (QED) is 0.787. The largest absolute Gasteiger partial charge is 0.497 e. The van der Waals surface area contributed by atoms with Crippen LogP contribution in [0.3, 0.4) is 0 Å². The van der Waals surface area contributed by atoms with Crippen LogP contribution in [0.1, 0.15) is 35.4 Å². The van der Waals surface area contributed by atoms with Crippen LogP contribution in [0.4, 0.5) is 0 Å². The van der Waals surface area contributed by atoms with Crippen LogP contribution in [0.5, 0.6) is 5.75 Å². The first-order valence-electron chi connectivity index (χ1n) is 7.92. The van der Waals surface area contributed by atoms with Gasteiger partial charge in [0.15, 0.2) is 0 Å². The van der Waals surface area contributed by atoms with E-state index in [4.69, 9.17) is 4.74 Å². The van der Waals surface area contributed by atoms with E-state index < -0.39 is 0 Å². The molecule has 0 unspecified atom stereocenters. The lowest BCUT2D eigenvalue weighted by Gasteiger charge is -2.10. The molecule has 1 N–H and O–H groups in total. The first kappa shape index (κ1) is 14.5. The van der Waals surface area contributed by atoms with Gasteiger partial charge in [-0.05, 0) is 37.1 Å². The van der Waals surface area contributed by atoms with Gasteiger partial charge in [0.2, 0.25) is 0 Å². The summed E-state index contributed by atoms with van der Waals surface area (Å²) in [4.78, 5) is 18.7. The molecule has 1 aromatic carbocycles. The number of carbonyl (C=O) groups excluding carboxylic acids is 1. The maximum atomic E-state index is 12.4. The van der Waals surface area contributed by atoms with E-state index in [0.717, 1.165) is 44.6 Å². The molecule has 23 heavy (non-hydrogen) atoms. The Kier molecular flexibility index (Phi) is 3.65. The molecule has 118 valence electrons. The van der Waals surface area contributed by atoms with Crippen molar-refractivity contribution in [1.82, 2.24) is 10.3 Å². The van der Waals surface area contributed by atoms with Gasteiger partial charge in [-0.15, -0.1) is 11.3 Å². The van der Waals surface area contributed by atoms with Crippen LogP contribution < -0.4 is 10.1 Å². The van der Waals surface area contributed by atoms with Crippen molar-refractivity contribution in [3.63, 3.8) is 0 Å². The van der Waals surface area contributed by atoms with E-state index in [-0.39, 0.29) is 5.91 Å². The van der Waals surface area contributed by atoms with Crippen molar-refractivity contribution in [2.24, 2.45) is 0 Å². The number of hydrogen-bond donors (Lipinski definition) is 1. The molecule has 1 aliphatic rings. The monoisotopic (exact) mass is 326 g/mol. The second kappa shape index (κ2) is 5.81. The van der Waals surface area contributed by atoms with Gasteiger partial charge < -0.3 is 10.1 Å². The first-order chi connectivity index (χ1) is 11.2. The van der Waals surface area contributed by atoms with Crippen molar-refractivity contribution in [2.45, 2.75) is 31.7 Å². The molecule has 0 spiro atoms. The topological polar surface area (TPSA) is 51.2 Å². The summed E-state index contributed by atoms with van der Waals surface area (Å²) in [6.45, 7) is 0. The molecule has 2 aromatic heterocycles. The van der Waals surface area contributed by atoms with E-state index >= 15 is 0 Å². The number of pyridine rings is 1. The van der Waals surface area contributed by atoms with Crippen LogP contribution in [-0.4, -0.2) is 24.0 Å². The smallest absolute Gasteiger partial charge is 0.261 e.